The lowest BCUT2D eigenvalue weighted by Crippen LogP contribution is -2.30. The predicted molar refractivity (Wildman–Crippen MR) is 102 cm³/mol. The van der Waals surface area contributed by atoms with Crippen LogP contribution in [0.5, 0.6) is 5.06 Å². The third-order valence-corrected chi connectivity index (χ3v) is 5.72. The molecule has 0 unspecified atom stereocenters. The van der Waals surface area contributed by atoms with Gasteiger partial charge in [0.15, 0.2) is 5.13 Å². The second-order valence-electron chi connectivity index (χ2n) is 6.46. The molecule has 4 heterocycles. The van der Waals surface area contributed by atoms with E-state index in [0.29, 0.717) is 5.06 Å². The van der Waals surface area contributed by atoms with E-state index in [-0.39, 0.29) is 0 Å². The summed E-state index contributed by atoms with van der Waals surface area (Å²) >= 11 is 1.25. The average molecular weight is 381 g/mol. The molecule has 2 aromatic heterocycles. The third-order valence-electron chi connectivity index (χ3n) is 4.78. The van der Waals surface area contributed by atoms with Gasteiger partial charge in [-0.05, 0) is 23.3 Å². The Morgan fingerprint density at radius 1 is 1.04 bits per heavy atom. The molecule has 0 amide bonds. The molecule has 1 N–H and O–H groups in total. The molecule has 0 spiro atoms. The fourth-order valence-corrected chi connectivity index (χ4v) is 4.40. The molecule has 2 aliphatic heterocycles. The molecule has 0 fully saturated rings. The smallest absolute Gasteiger partial charge is 0.449 e. The highest BCUT2D eigenvalue weighted by Crippen LogP contribution is 2.36. The summed E-state index contributed by atoms with van der Waals surface area (Å²) in [6, 6.07) is 8.04. The Morgan fingerprint density at radius 2 is 1.78 bits per heavy atom. The van der Waals surface area contributed by atoms with Gasteiger partial charge in [-0.15, -0.1) is 0 Å². The van der Waals surface area contributed by atoms with Crippen LogP contribution in [0.1, 0.15) is 0 Å². The Kier molecular flexibility index (Phi) is 3.68. The molecular weight excluding hydrogens is 366 g/mol. The van der Waals surface area contributed by atoms with Crippen LogP contribution in [0.3, 0.4) is 0 Å². The van der Waals surface area contributed by atoms with Gasteiger partial charge in [-0.25, -0.2) is 19.7 Å². The van der Waals surface area contributed by atoms with Gasteiger partial charge in [0.2, 0.25) is 5.06 Å². The molecule has 5 rings (SSSR count). The minimum absolute atomic E-state index is 0.290. The van der Waals surface area contributed by atoms with Gasteiger partial charge in [-0.1, -0.05) is 23.5 Å². The van der Waals surface area contributed by atoms with Gasteiger partial charge in [-0.3, -0.25) is 0 Å². The highest BCUT2D eigenvalue weighted by molar-refractivity contribution is 7.17. The molecule has 27 heavy (non-hydrogen) atoms. The minimum Gasteiger partial charge on any atom is -0.449 e. The molecular formula is C18H15N5O3S. The van der Waals surface area contributed by atoms with Gasteiger partial charge in [0.1, 0.15) is 12.1 Å². The lowest BCUT2D eigenvalue weighted by Gasteiger charge is -2.24. The van der Waals surface area contributed by atoms with E-state index in [2.05, 4.69) is 35.6 Å². The number of hydrogen-bond acceptors (Lipinski definition) is 8. The molecule has 8 nitrogen and oxygen atoms in total. The highest BCUT2D eigenvalue weighted by atomic mass is 32.1. The van der Waals surface area contributed by atoms with Crippen molar-refractivity contribution in [2.75, 3.05) is 36.0 Å². The second kappa shape index (κ2) is 6.20. The van der Waals surface area contributed by atoms with E-state index >= 15 is 0 Å². The van der Waals surface area contributed by atoms with Gasteiger partial charge in [0.25, 0.3) is 0 Å². The zero-order valence-corrected chi connectivity index (χ0v) is 15.0. The summed E-state index contributed by atoms with van der Waals surface area (Å²) in [6.45, 7) is 3.23. The molecule has 9 heteroatoms. The molecule has 3 aromatic rings. The number of anilines is 2. The Bertz CT molecular complexity index is 1060. The molecule has 0 saturated carbocycles. The minimum atomic E-state index is -1.32. The van der Waals surface area contributed by atoms with E-state index in [0.717, 1.165) is 48.0 Å². The first-order chi connectivity index (χ1) is 13.2. The first-order valence-corrected chi connectivity index (χ1v) is 9.25. The van der Waals surface area contributed by atoms with E-state index in [1.807, 2.05) is 18.2 Å². The number of para-hydroxylation sites is 1. The maximum atomic E-state index is 10.6. The molecule has 2 aliphatic rings. The van der Waals surface area contributed by atoms with Crippen LogP contribution in [-0.4, -0.2) is 52.4 Å². The monoisotopic (exact) mass is 381 g/mol. The molecule has 0 bridgehead atoms. The van der Waals surface area contributed by atoms with Crippen LogP contribution in [-0.2, 0) is 0 Å². The summed E-state index contributed by atoms with van der Waals surface area (Å²) in [5.41, 5.74) is 3.69. The van der Waals surface area contributed by atoms with Crippen LogP contribution >= 0.6 is 11.3 Å². The van der Waals surface area contributed by atoms with Gasteiger partial charge >= 0.3 is 6.16 Å². The van der Waals surface area contributed by atoms with E-state index < -0.39 is 6.16 Å². The Morgan fingerprint density at radius 3 is 2.56 bits per heavy atom. The Labute approximate surface area is 158 Å². The number of carbonyl (C=O) groups is 1. The largest absolute Gasteiger partial charge is 0.512 e. The van der Waals surface area contributed by atoms with Crippen LogP contribution in [0.25, 0.3) is 10.9 Å². The first-order valence-electron chi connectivity index (χ1n) is 8.43. The van der Waals surface area contributed by atoms with E-state index in [4.69, 9.17) is 5.11 Å². The van der Waals surface area contributed by atoms with E-state index in [1.54, 1.807) is 6.33 Å². The zero-order valence-electron chi connectivity index (χ0n) is 14.2. The first kappa shape index (κ1) is 16.0. The summed E-state index contributed by atoms with van der Waals surface area (Å²) < 4.78 is 4.67. The number of benzene rings is 1. The summed E-state index contributed by atoms with van der Waals surface area (Å²) in [6.07, 6.45) is 1.75. The summed E-state index contributed by atoms with van der Waals surface area (Å²) in [7, 11) is 0. The number of thiazole rings is 1. The number of carboxylic acid groups (broad SMARTS) is 1. The van der Waals surface area contributed by atoms with Crippen LogP contribution in [0.4, 0.5) is 15.7 Å². The third kappa shape index (κ3) is 2.85. The van der Waals surface area contributed by atoms with Gasteiger partial charge < -0.3 is 19.6 Å². The average Bonchev–Trinajstić information content (AvgIpc) is 3.35. The van der Waals surface area contributed by atoms with Crippen molar-refractivity contribution in [3.05, 3.63) is 47.9 Å². The van der Waals surface area contributed by atoms with Gasteiger partial charge in [0, 0.05) is 31.6 Å². The van der Waals surface area contributed by atoms with Gasteiger partial charge in [0.05, 0.1) is 11.7 Å². The number of aromatic nitrogens is 3. The predicted octanol–water partition coefficient (Wildman–Crippen LogP) is 2.78. The molecule has 136 valence electrons. The molecule has 0 atom stereocenters. The topological polar surface area (TPSA) is 91.7 Å². The standard InChI is InChI=1S/C18H15N5O3S/c24-18(25)26-15-5-19-17(27-15)23-8-11-6-22(7-12(11)9-23)16-13-3-1-2-4-14(13)20-10-21-16/h1-5,10H,6-9H2,(H,24,25). The van der Waals surface area contributed by atoms with Crippen molar-refractivity contribution in [2.45, 2.75) is 0 Å². The fraction of sp³-hybridized carbons (Fsp3) is 0.222. The van der Waals surface area contributed by atoms with Crippen molar-refractivity contribution in [1.82, 2.24) is 15.0 Å². The Balaban J connectivity index is 1.31. The quantitative estimate of drug-likeness (QED) is 0.547. The molecule has 1 aromatic carbocycles. The van der Waals surface area contributed by atoms with Crippen molar-refractivity contribution in [1.29, 1.82) is 0 Å². The summed E-state index contributed by atoms with van der Waals surface area (Å²) in [4.78, 5) is 28.2. The molecule has 0 aliphatic carbocycles. The van der Waals surface area contributed by atoms with Crippen LogP contribution in [0.15, 0.2) is 47.9 Å². The van der Waals surface area contributed by atoms with Crippen molar-refractivity contribution >= 4 is 39.3 Å². The normalized spacial score (nSPS) is 16.3. The number of hydrogen-bond donors (Lipinski definition) is 1. The second-order valence-corrected chi connectivity index (χ2v) is 7.44. The maximum absolute atomic E-state index is 10.6. The lowest BCUT2D eigenvalue weighted by molar-refractivity contribution is 0.146. The van der Waals surface area contributed by atoms with Crippen molar-refractivity contribution < 1.29 is 14.6 Å². The Hall–Kier alpha value is -3.20. The maximum Gasteiger partial charge on any atom is 0.512 e. The molecule has 0 radical (unpaired) electrons. The highest BCUT2D eigenvalue weighted by Gasteiger charge is 2.32. The number of fused-ring (bicyclic) bond motifs is 1. The van der Waals surface area contributed by atoms with Crippen molar-refractivity contribution in [3.8, 4) is 5.06 Å². The summed E-state index contributed by atoms with van der Waals surface area (Å²) in [5.74, 6) is 0.966. The number of ether oxygens (including phenoxy) is 1. The number of nitrogens with zero attached hydrogens (tertiary/aromatic N) is 5. The number of rotatable bonds is 3. The van der Waals surface area contributed by atoms with Crippen LogP contribution < -0.4 is 14.5 Å². The molecule has 0 saturated heterocycles. The zero-order chi connectivity index (χ0) is 18.4. The van der Waals surface area contributed by atoms with Crippen molar-refractivity contribution in [3.63, 3.8) is 0 Å². The van der Waals surface area contributed by atoms with E-state index in [9.17, 15) is 4.79 Å². The van der Waals surface area contributed by atoms with Crippen LogP contribution in [0, 0.1) is 0 Å². The van der Waals surface area contributed by atoms with E-state index in [1.165, 1.54) is 28.7 Å². The summed E-state index contributed by atoms with van der Waals surface area (Å²) in [5, 5.41) is 10.8. The fourth-order valence-electron chi connectivity index (χ4n) is 3.64. The van der Waals surface area contributed by atoms with Crippen molar-refractivity contribution in [2.24, 2.45) is 0 Å². The van der Waals surface area contributed by atoms with Gasteiger partial charge in [-0.2, -0.15) is 0 Å². The SMILES string of the molecule is O=C(O)Oc1cnc(N2CC3=C(C2)CN(c2ncnc4ccccc24)C3)s1. The lowest BCUT2D eigenvalue weighted by atomic mass is 10.2. The van der Waals surface area contributed by atoms with Crippen LogP contribution in [0.2, 0.25) is 0 Å².